The molecule has 1 unspecified atom stereocenters. The van der Waals surface area contributed by atoms with Gasteiger partial charge < -0.3 is 9.84 Å². The fourth-order valence-electron chi connectivity index (χ4n) is 0.748. The van der Waals surface area contributed by atoms with E-state index in [-0.39, 0.29) is 0 Å². The summed E-state index contributed by atoms with van der Waals surface area (Å²) in [7, 11) is 0. The first-order chi connectivity index (χ1) is 5.68. The molecular weight excluding hydrogens is 267 g/mol. The molecule has 0 fully saturated rings. The molecule has 0 aliphatic rings. The zero-order valence-electron chi connectivity index (χ0n) is 6.83. The second-order valence-electron chi connectivity index (χ2n) is 2.61. The molecule has 0 aromatic heterocycles. The van der Waals surface area contributed by atoms with E-state index in [9.17, 15) is 0 Å². The maximum atomic E-state index is 8.94. The van der Waals surface area contributed by atoms with Crippen molar-refractivity contribution in [3.05, 3.63) is 27.8 Å². The third kappa shape index (κ3) is 3.40. The van der Waals surface area contributed by atoms with Gasteiger partial charge in [-0.05, 0) is 53.8 Å². The predicted octanol–water partition coefficient (Wildman–Crippen LogP) is 2.05. The third-order valence-electron chi connectivity index (χ3n) is 1.30. The molecule has 66 valence electrons. The molecule has 1 aromatic rings. The molecule has 0 amide bonds. The zero-order chi connectivity index (χ0) is 8.97. The molecule has 12 heavy (non-hydrogen) atoms. The normalized spacial score (nSPS) is 12.6. The number of aliphatic hydroxyl groups excluding tert-OH is 1. The minimum absolute atomic E-state index is 0.348. The van der Waals surface area contributed by atoms with Crippen LogP contribution in [0.15, 0.2) is 24.3 Å². The van der Waals surface area contributed by atoms with Crippen LogP contribution in [0, 0.1) is 3.57 Å². The Morgan fingerprint density at radius 1 is 1.42 bits per heavy atom. The number of halogens is 1. The molecule has 1 N–H and O–H groups in total. The molecule has 2 nitrogen and oxygen atoms in total. The van der Waals surface area contributed by atoms with Gasteiger partial charge in [-0.2, -0.15) is 0 Å². The Labute approximate surface area is 85.7 Å². The number of hydrogen-bond donors (Lipinski definition) is 1. The fourth-order valence-corrected chi connectivity index (χ4v) is 1.11. The molecule has 1 rings (SSSR count). The maximum absolute atomic E-state index is 8.94. The number of aliphatic hydroxyl groups is 1. The topological polar surface area (TPSA) is 29.5 Å². The molecular formula is C9H11IO2. The number of rotatable bonds is 3. The highest BCUT2D eigenvalue weighted by molar-refractivity contribution is 14.1. The van der Waals surface area contributed by atoms with Gasteiger partial charge in [0.2, 0.25) is 0 Å². The Morgan fingerprint density at radius 2 is 2.00 bits per heavy atom. The molecule has 0 heterocycles. The van der Waals surface area contributed by atoms with Gasteiger partial charge in [0.15, 0.2) is 0 Å². The average Bonchev–Trinajstić information content (AvgIpc) is 2.03. The van der Waals surface area contributed by atoms with Gasteiger partial charge in [-0.1, -0.05) is 0 Å². The highest BCUT2D eigenvalue weighted by Gasteiger charge is 1.96. The van der Waals surface area contributed by atoms with Crippen molar-refractivity contribution < 1.29 is 9.84 Å². The van der Waals surface area contributed by atoms with Crippen molar-refractivity contribution in [2.45, 2.75) is 13.0 Å². The van der Waals surface area contributed by atoms with E-state index in [2.05, 4.69) is 22.6 Å². The van der Waals surface area contributed by atoms with Gasteiger partial charge in [0.05, 0.1) is 6.10 Å². The van der Waals surface area contributed by atoms with Crippen LogP contribution in [0.25, 0.3) is 0 Å². The third-order valence-corrected chi connectivity index (χ3v) is 2.02. The first kappa shape index (κ1) is 9.80. The standard InChI is InChI=1S/C9H11IO2/c1-7(11)6-12-9-4-2-8(10)3-5-9/h2-5,7,11H,6H2,1H3. The van der Waals surface area contributed by atoms with Crippen molar-refractivity contribution in [1.29, 1.82) is 0 Å². The summed E-state index contributed by atoms with van der Waals surface area (Å²) >= 11 is 2.23. The van der Waals surface area contributed by atoms with Crippen molar-refractivity contribution in [3.8, 4) is 5.75 Å². The van der Waals surface area contributed by atoms with E-state index in [0.717, 1.165) is 5.75 Å². The molecule has 0 radical (unpaired) electrons. The van der Waals surface area contributed by atoms with Crippen LogP contribution in [-0.2, 0) is 0 Å². The average molecular weight is 278 g/mol. The second-order valence-corrected chi connectivity index (χ2v) is 3.86. The van der Waals surface area contributed by atoms with E-state index < -0.39 is 6.10 Å². The van der Waals surface area contributed by atoms with Crippen molar-refractivity contribution in [2.24, 2.45) is 0 Å². The number of hydrogen-bond acceptors (Lipinski definition) is 2. The Morgan fingerprint density at radius 3 is 2.50 bits per heavy atom. The summed E-state index contributed by atoms with van der Waals surface area (Å²) in [6.45, 7) is 2.05. The van der Waals surface area contributed by atoms with Crippen LogP contribution in [0.3, 0.4) is 0 Å². The largest absolute Gasteiger partial charge is 0.491 e. The van der Waals surface area contributed by atoms with Gasteiger partial charge >= 0.3 is 0 Å². The van der Waals surface area contributed by atoms with Gasteiger partial charge in [-0.15, -0.1) is 0 Å². The fraction of sp³-hybridized carbons (Fsp3) is 0.333. The van der Waals surface area contributed by atoms with E-state index >= 15 is 0 Å². The predicted molar refractivity (Wildman–Crippen MR) is 56.3 cm³/mol. The number of benzene rings is 1. The van der Waals surface area contributed by atoms with Crippen LogP contribution in [-0.4, -0.2) is 17.8 Å². The second kappa shape index (κ2) is 4.67. The van der Waals surface area contributed by atoms with E-state index in [4.69, 9.17) is 9.84 Å². The Bertz CT molecular complexity index is 231. The lowest BCUT2D eigenvalue weighted by atomic mass is 10.3. The summed E-state index contributed by atoms with van der Waals surface area (Å²) < 4.78 is 6.45. The van der Waals surface area contributed by atoms with Crippen LogP contribution in [0.5, 0.6) is 5.75 Å². The molecule has 1 aromatic carbocycles. The van der Waals surface area contributed by atoms with E-state index in [1.807, 2.05) is 24.3 Å². The monoisotopic (exact) mass is 278 g/mol. The van der Waals surface area contributed by atoms with Crippen molar-refractivity contribution >= 4 is 22.6 Å². The molecule has 0 spiro atoms. The summed E-state index contributed by atoms with van der Waals surface area (Å²) in [5, 5.41) is 8.94. The van der Waals surface area contributed by atoms with Crippen LogP contribution in [0.1, 0.15) is 6.92 Å². The smallest absolute Gasteiger partial charge is 0.119 e. The summed E-state index contributed by atoms with van der Waals surface area (Å²) in [6.07, 6.45) is -0.413. The lowest BCUT2D eigenvalue weighted by Crippen LogP contribution is -2.12. The molecule has 0 aliphatic heterocycles. The van der Waals surface area contributed by atoms with Crippen LogP contribution in [0.2, 0.25) is 0 Å². The van der Waals surface area contributed by atoms with Crippen molar-refractivity contribution in [2.75, 3.05) is 6.61 Å². The summed E-state index contributed by atoms with van der Waals surface area (Å²) in [5.41, 5.74) is 0. The van der Waals surface area contributed by atoms with Gasteiger partial charge in [-0.3, -0.25) is 0 Å². The summed E-state index contributed by atoms with van der Waals surface area (Å²) in [4.78, 5) is 0. The van der Waals surface area contributed by atoms with E-state index in [1.165, 1.54) is 3.57 Å². The molecule has 3 heteroatoms. The van der Waals surface area contributed by atoms with E-state index in [0.29, 0.717) is 6.61 Å². The quantitative estimate of drug-likeness (QED) is 0.857. The first-order valence-electron chi connectivity index (χ1n) is 3.75. The van der Waals surface area contributed by atoms with Gasteiger partial charge in [-0.25, -0.2) is 0 Å². The first-order valence-corrected chi connectivity index (χ1v) is 4.83. The SMILES string of the molecule is CC(O)COc1ccc(I)cc1. The Hall–Kier alpha value is -0.290. The summed E-state index contributed by atoms with van der Waals surface area (Å²) in [5.74, 6) is 0.802. The maximum Gasteiger partial charge on any atom is 0.119 e. The lowest BCUT2D eigenvalue weighted by Gasteiger charge is -2.07. The molecule has 1 atom stereocenters. The highest BCUT2D eigenvalue weighted by Crippen LogP contribution is 2.13. The van der Waals surface area contributed by atoms with Crippen molar-refractivity contribution in [1.82, 2.24) is 0 Å². The number of ether oxygens (including phenoxy) is 1. The van der Waals surface area contributed by atoms with Crippen LogP contribution < -0.4 is 4.74 Å². The highest BCUT2D eigenvalue weighted by atomic mass is 127. The Kier molecular flexibility index (Phi) is 3.81. The van der Waals surface area contributed by atoms with Gasteiger partial charge in [0.25, 0.3) is 0 Å². The lowest BCUT2D eigenvalue weighted by molar-refractivity contribution is 0.122. The van der Waals surface area contributed by atoms with Gasteiger partial charge in [0, 0.05) is 3.57 Å². The van der Waals surface area contributed by atoms with Crippen molar-refractivity contribution in [3.63, 3.8) is 0 Å². The van der Waals surface area contributed by atoms with E-state index in [1.54, 1.807) is 6.92 Å². The molecule has 0 saturated heterocycles. The van der Waals surface area contributed by atoms with Crippen LogP contribution >= 0.6 is 22.6 Å². The Balaban J connectivity index is 2.48. The molecule has 0 saturated carbocycles. The molecule has 0 bridgehead atoms. The zero-order valence-corrected chi connectivity index (χ0v) is 8.98. The van der Waals surface area contributed by atoms with Crippen LogP contribution in [0.4, 0.5) is 0 Å². The molecule has 0 aliphatic carbocycles. The van der Waals surface area contributed by atoms with Gasteiger partial charge in [0.1, 0.15) is 12.4 Å². The minimum atomic E-state index is -0.413. The summed E-state index contributed by atoms with van der Waals surface area (Å²) in [6, 6.07) is 7.73. The minimum Gasteiger partial charge on any atom is -0.491 e.